The minimum Gasteiger partial charge on any atom is -0.481 e. The highest BCUT2D eigenvalue weighted by atomic mass is 16.6. The van der Waals surface area contributed by atoms with E-state index in [0.717, 1.165) is 0 Å². The largest absolute Gasteiger partial charge is 0.481 e. The number of aliphatic carboxylic acids is 1. The average Bonchev–Trinajstić information content (AvgIpc) is 2.95. The second-order valence-corrected chi connectivity index (χ2v) is 5.64. The van der Waals surface area contributed by atoms with Crippen LogP contribution in [0.1, 0.15) is 23.1 Å². The summed E-state index contributed by atoms with van der Waals surface area (Å²) in [5.41, 5.74) is 0.763. The molecule has 1 aromatic carbocycles. The second-order valence-electron chi connectivity index (χ2n) is 5.64. The number of non-ortho nitro benzene ring substituents is 1. The molecule has 0 aliphatic rings. The Bertz CT molecular complexity index is 831. The van der Waals surface area contributed by atoms with Gasteiger partial charge >= 0.3 is 5.97 Å². The fraction of sp³-hybridized carbons (Fsp3) is 0.333. The number of benzene rings is 1. The van der Waals surface area contributed by atoms with Gasteiger partial charge in [0.05, 0.1) is 22.2 Å². The maximum Gasteiger partial charge on any atom is 0.308 e. The molecule has 0 fully saturated rings. The van der Waals surface area contributed by atoms with E-state index in [0.29, 0.717) is 11.4 Å². The zero-order chi connectivity index (χ0) is 18.7. The van der Waals surface area contributed by atoms with Gasteiger partial charge in [0.25, 0.3) is 11.6 Å². The van der Waals surface area contributed by atoms with E-state index >= 15 is 0 Å². The molecule has 1 aromatic heterocycles. The number of carboxylic acid groups (broad SMARTS) is 1. The van der Waals surface area contributed by atoms with E-state index in [1.807, 2.05) is 0 Å². The third-order valence-corrected chi connectivity index (χ3v) is 3.70. The van der Waals surface area contributed by atoms with Crippen molar-refractivity contribution in [1.29, 1.82) is 0 Å². The third kappa shape index (κ3) is 3.79. The second kappa shape index (κ2) is 7.07. The van der Waals surface area contributed by atoms with Crippen LogP contribution in [0.25, 0.3) is 5.69 Å². The summed E-state index contributed by atoms with van der Waals surface area (Å²) in [6, 6.07) is 5.80. The molecule has 25 heavy (non-hydrogen) atoms. The Hall–Kier alpha value is -3.30. The van der Waals surface area contributed by atoms with Gasteiger partial charge < -0.3 is 10.0 Å². The maximum absolute atomic E-state index is 12.5. The number of nitro benzene ring substituents is 1. The van der Waals surface area contributed by atoms with Crippen molar-refractivity contribution < 1.29 is 19.6 Å². The first-order valence-electron chi connectivity index (χ1n) is 7.37. The topological polar surface area (TPSA) is 131 Å². The zero-order valence-electron chi connectivity index (χ0n) is 13.9. The summed E-state index contributed by atoms with van der Waals surface area (Å²) in [5, 5.41) is 27.5. The van der Waals surface area contributed by atoms with Crippen molar-refractivity contribution in [3.05, 3.63) is 45.8 Å². The molecule has 2 rings (SSSR count). The molecule has 10 nitrogen and oxygen atoms in total. The van der Waals surface area contributed by atoms with Gasteiger partial charge in [-0.05, 0) is 13.0 Å². The lowest BCUT2D eigenvalue weighted by atomic mass is 10.1. The van der Waals surface area contributed by atoms with Gasteiger partial charge in [-0.2, -0.15) is 0 Å². The van der Waals surface area contributed by atoms with Gasteiger partial charge in [0.1, 0.15) is 0 Å². The molecule has 0 radical (unpaired) electrons. The van der Waals surface area contributed by atoms with E-state index in [2.05, 4.69) is 10.3 Å². The Kier molecular flexibility index (Phi) is 5.11. The van der Waals surface area contributed by atoms with Gasteiger partial charge in [-0.25, -0.2) is 4.68 Å². The summed E-state index contributed by atoms with van der Waals surface area (Å²) in [5.74, 6) is -2.19. The van der Waals surface area contributed by atoms with Crippen LogP contribution < -0.4 is 0 Å². The Morgan fingerprint density at radius 2 is 2.12 bits per heavy atom. The molecule has 0 aliphatic carbocycles. The number of hydrogen-bond donors (Lipinski definition) is 1. The van der Waals surface area contributed by atoms with Crippen LogP contribution in [0.4, 0.5) is 5.69 Å². The number of carbonyl (C=O) groups excluding carboxylic acids is 1. The molecule has 10 heteroatoms. The molecule has 2 aromatic rings. The van der Waals surface area contributed by atoms with Crippen molar-refractivity contribution >= 4 is 17.6 Å². The normalized spacial score (nSPS) is 11.8. The number of carboxylic acids is 1. The van der Waals surface area contributed by atoms with Crippen molar-refractivity contribution in [3.63, 3.8) is 0 Å². The van der Waals surface area contributed by atoms with Gasteiger partial charge in [-0.1, -0.05) is 18.2 Å². The van der Waals surface area contributed by atoms with Gasteiger partial charge in [0.2, 0.25) is 0 Å². The lowest BCUT2D eigenvalue weighted by molar-refractivity contribution is -0.384. The van der Waals surface area contributed by atoms with Crippen molar-refractivity contribution in [3.8, 4) is 5.69 Å². The summed E-state index contributed by atoms with van der Waals surface area (Å²) in [6.45, 7) is 3.14. The van der Waals surface area contributed by atoms with E-state index in [1.54, 1.807) is 13.0 Å². The van der Waals surface area contributed by atoms with Crippen LogP contribution in [0.5, 0.6) is 0 Å². The van der Waals surface area contributed by atoms with E-state index in [1.165, 1.54) is 41.8 Å². The van der Waals surface area contributed by atoms with Crippen LogP contribution in [-0.2, 0) is 4.79 Å². The van der Waals surface area contributed by atoms with Crippen LogP contribution in [0.3, 0.4) is 0 Å². The number of rotatable bonds is 6. The highest BCUT2D eigenvalue weighted by molar-refractivity contribution is 5.93. The van der Waals surface area contributed by atoms with Gasteiger partial charge in [0, 0.05) is 25.7 Å². The standard InChI is InChI=1S/C15H17N5O5/c1-9(15(22)23)8-18(3)14(21)13-10(2)19(17-16-13)11-5-4-6-12(7-11)20(24)25/h4-7,9H,8H2,1-3H3,(H,22,23). The molecular weight excluding hydrogens is 330 g/mol. The van der Waals surface area contributed by atoms with Crippen molar-refractivity contribution in [2.45, 2.75) is 13.8 Å². The SMILES string of the molecule is Cc1c(C(=O)N(C)CC(C)C(=O)O)nnn1-c1cccc([N+](=O)[O-])c1. The zero-order valence-corrected chi connectivity index (χ0v) is 13.9. The summed E-state index contributed by atoms with van der Waals surface area (Å²) in [7, 11) is 1.48. The van der Waals surface area contributed by atoms with Crippen molar-refractivity contribution in [1.82, 2.24) is 19.9 Å². The smallest absolute Gasteiger partial charge is 0.308 e. The van der Waals surface area contributed by atoms with Crippen molar-refractivity contribution in [2.24, 2.45) is 5.92 Å². The number of carbonyl (C=O) groups is 2. The molecule has 0 bridgehead atoms. The molecule has 1 atom stereocenters. The Morgan fingerprint density at radius 3 is 2.72 bits per heavy atom. The van der Waals surface area contributed by atoms with E-state index in [9.17, 15) is 19.7 Å². The molecule has 0 saturated heterocycles. The number of aromatic nitrogens is 3. The summed E-state index contributed by atoms with van der Waals surface area (Å²) in [4.78, 5) is 35.0. The number of nitro groups is 1. The first-order chi connectivity index (χ1) is 11.7. The minimum atomic E-state index is -1.00. The predicted molar refractivity (Wildman–Crippen MR) is 86.5 cm³/mol. The first-order valence-corrected chi connectivity index (χ1v) is 7.37. The van der Waals surface area contributed by atoms with Crippen LogP contribution in [0.2, 0.25) is 0 Å². The highest BCUT2D eigenvalue weighted by Gasteiger charge is 2.24. The average molecular weight is 347 g/mol. The molecular formula is C15H17N5O5. The summed E-state index contributed by atoms with van der Waals surface area (Å²) >= 11 is 0. The van der Waals surface area contributed by atoms with Crippen LogP contribution >= 0.6 is 0 Å². The Balaban J connectivity index is 2.29. The molecule has 1 amide bonds. The molecule has 132 valence electrons. The van der Waals surface area contributed by atoms with E-state index in [-0.39, 0.29) is 17.9 Å². The predicted octanol–water partition coefficient (Wildman–Crippen LogP) is 1.28. The lowest BCUT2D eigenvalue weighted by Gasteiger charge is -2.18. The quantitative estimate of drug-likeness (QED) is 0.615. The Labute approximate surface area is 142 Å². The molecule has 0 aliphatic heterocycles. The monoisotopic (exact) mass is 347 g/mol. The maximum atomic E-state index is 12.5. The number of nitrogens with zero attached hydrogens (tertiary/aromatic N) is 5. The fourth-order valence-corrected chi connectivity index (χ4v) is 2.26. The molecule has 0 saturated carbocycles. The molecule has 1 N–H and O–H groups in total. The van der Waals surface area contributed by atoms with Gasteiger partial charge in [-0.3, -0.25) is 19.7 Å². The van der Waals surface area contributed by atoms with Gasteiger partial charge in [0.15, 0.2) is 5.69 Å². The highest BCUT2D eigenvalue weighted by Crippen LogP contribution is 2.19. The third-order valence-electron chi connectivity index (χ3n) is 3.70. The van der Waals surface area contributed by atoms with Gasteiger partial charge in [-0.15, -0.1) is 5.10 Å². The van der Waals surface area contributed by atoms with Crippen LogP contribution in [0.15, 0.2) is 24.3 Å². The summed E-state index contributed by atoms with van der Waals surface area (Å²) < 4.78 is 1.33. The van der Waals surface area contributed by atoms with Crippen LogP contribution in [-0.4, -0.2) is 55.4 Å². The first kappa shape index (κ1) is 18.0. The molecule has 1 heterocycles. The van der Waals surface area contributed by atoms with Crippen LogP contribution in [0, 0.1) is 23.0 Å². The molecule has 0 spiro atoms. The number of hydrogen-bond acceptors (Lipinski definition) is 6. The van der Waals surface area contributed by atoms with E-state index < -0.39 is 22.7 Å². The summed E-state index contributed by atoms with van der Waals surface area (Å²) in [6.07, 6.45) is 0. The molecule has 1 unspecified atom stereocenters. The number of amides is 1. The van der Waals surface area contributed by atoms with Crippen molar-refractivity contribution in [2.75, 3.05) is 13.6 Å². The minimum absolute atomic E-state index is 0.0251. The van der Waals surface area contributed by atoms with E-state index in [4.69, 9.17) is 5.11 Å². The Morgan fingerprint density at radius 1 is 1.44 bits per heavy atom. The fourth-order valence-electron chi connectivity index (χ4n) is 2.26. The lowest BCUT2D eigenvalue weighted by Crippen LogP contribution is -2.34.